The number of hydrogen-bond acceptors (Lipinski definition) is 6. The highest BCUT2D eigenvalue weighted by Crippen LogP contribution is 2.43. The standard InChI is InChI=1S/C31H35N3O5/c1-37-27-17-24(18-28(38-2)30(27)39-3)26(34-21-23-11-7-8-12-25(23)31(34)36)19-29(35)33-15-13-32(14-16-33)20-22-9-5-4-6-10-22/h4-12,17-18,26H,13-16,19-21H2,1-3H3/t26-/m0/s1. The molecule has 2 amide bonds. The highest BCUT2D eigenvalue weighted by atomic mass is 16.5. The SMILES string of the molecule is COc1cc([C@H](CC(=O)N2CCN(Cc3ccccc3)CC2)N2Cc3ccccc3C2=O)cc(OC)c1OC. The first-order valence-electron chi connectivity index (χ1n) is 13.2. The molecule has 0 unspecified atom stereocenters. The van der Waals surface area contributed by atoms with Crippen LogP contribution in [0, 0.1) is 0 Å². The van der Waals surface area contributed by atoms with E-state index in [0.29, 0.717) is 42.4 Å². The number of piperazine rings is 1. The van der Waals surface area contributed by atoms with Gasteiger partial charge in [0.05, 0.1) is 33.8 Å². The highest BCUT2D eigenvalue weighted by Gasteiger charge is 2.36. The molecule has 3 aromatic carbocycles. The molecule has 8 heteroatoms. The first-order valence-corrected chi connectivity index (χ1v) is 13.2. The summed E-state index contributed by atoms with van der Waals surface area (Å²) in [5, 5.41) is 0. The first kappa shape index (κ1) is 26.6. The quantitative estimate of drug-likeness (QED) is 0.415. The van der Waals surface area contributed by atoms with Crippen LogP contribution in [0.5, 0.6) is 17.2 Å². The maximum atomic E-state index is 13.7. The monoisotopic (exact) mass is 529 g/mol. The summed E-state index contributed by atoms with van der Waals surface area (Å²) in [7, 11) is 4.68. The molecule has 1 saturated heterocycles. The second kappa shape index (κ2) is 11.8. The number of methoxy groups -OCH3 is 3. The molecule has 2 aliphatic rings. The van der Waals surface area contributed by atoms with Gasteiger partial charge in [-0.1, -0.05) is 48.5 Å². The number of carbonyl (C=O) groups is 2. The summed E-state index contributed by atoms with van der Waals surface area (Å²) in [5.74, 6) is 1.40. The van der Waals surface area contributed by atoms with E-state index in [1.54, 1.807) is 26.2 Å². The number of amides is 2. The van der Waals surface area contributed by atoms with Gasteiger partial charge < -0.3 is 24.0 Å². The van der Waals surface area contributed by atoms with Crippen LogP contribution in [-0.2, 0) is 17.9 Å². The zero-order chi connectivity index (χ0) is 27.4. The normalized spacial score (nSPS) is 16.1. The van der Waals surface area contributed by atoms with Crippen molar-refractivity contribution >= 4 is 11.8 Å². The van der Waals surface area contributed by atoms with Crippen LogP contribution < -0.4 is 14.2 Å². The third kappa shape index (κ3) is 5.56. The molecule has 0 radical (unpaired) electrons. The van der Waals surface area contributed by atoms with Gasteiger partial charge in [0, 0.05) is 44.8 Å². The van der Waals surface area contributed by atoms with Crippen LogP contribution in [0.4, 0.5) is 0 Å². The minimum absolute atomic E-state index is 0.0249. The van der Waals surface area contributed by atoms with Crippen molar-refractivity contribution in [3.8, 4) is 17.2 Å². The van der Waals surface area contributed by atoms with Gasteiger partial charge in [0.2, 0.25) is 11.7 Å². The van der Waals surface area contributed by atoms with E-state index in [-0.39, 0.29) is 18.2 Å². The second-order valence-electron chi connectivity index (χ2n) is 9.91. The van der Waals surface area contributed by atoms with Crippen molar-refractivity contribution in [3.05, 3.63) is 89.0 Å². The molecule has 1 atom stereocenters. The fraction of sp³-hybridized carbons (Fsp3) is 0.355. The van der Waals surface area contributed by atoms with Crippen molar-refractivity contribution in [1.82, 2.24) is 14.7 Å². The van der Waals surface area contributed by atoms with Crippen molar-refractivity contribution in [2.45, 2.75) is 25.6 Å². The Morgan fingerprint density at radius 3 is 2.10 bits per heavy atom. The number of carbonyl (C=O) groups excluding carboxylic acids is 2. The zero-order valence-electron chi connectivity index (χ0n) is 22.8. The molecule has 39 heavy (non-hydrogen) atoms. The van der Waals surface area contributed by atoms with Gasteiger partial charge >= 0.3 is 0 Å². The molecule has 1 fully saturated rings. The third-order valence-electron chi connectivity index (χ3n) is 7.64. The fourth-order valence-corrected chi connectivity index (χ4v) is 5.52. The molecule has 8 nitrogen and oxygen atoms in total. The molecular weight excluding hydrogens is 494 g/mol. The lowest BCUT2D eigenvalue weighted by atomic mass is 9.99. The van der Waals surface area contributed by atoms with Crippen LogP contribution in [0.15, 0.2) is 66.7 Å². The molecule has 0 aliphatic carbocycles. The van der Waals surface area contributed by atoms with E-state index >= 15 is 0 Å². The smallest absolute Gasteiger partial charge is 0.255 e. The van der Waals surface area contributed by atoms with Gasteiger partial charge in [0.15, 0.2) is 11.5 Å². The van der Waals surface area contributed by atoms with E-state index in [0.717, 1.165) is 30.8 Å². The van der Waals surface area contributed by atoms with Crippen molar-refractivity contribution in [2.24, 2.45) is 0 Å². The molecule has 0 saturated carbocycles. The van der Waals surface area contributed by atoms with Gasteiger partial charge in [-0.3, -0.25) is 14.5 Å². The van der Waals surface area contributed by atoms with E-state index in [2.05, 4.69) is 29.2 Å². The molecule has 204 valence electrons. The van der Waals surface area contributed by atoms with Gasteiger partial charge in [-0.25, -0.2) is 0 Å². The summed E-state index contributed by atoms with van der Waals surface area (Å²) < 4.78 is 16.7. The molecule has 3 aromatic rings. The Labute approximate surface area is 229 Å². The van der Waals surface area contributed by atoms with Crippen molar-refractivity contribution in [1.29, 1.82) is 0 Å². The fourth-order valence-electron chi connectivity index (χ4n) is 5.52. The lowest BCUT2D eigenvalue weighted by molar-refractivity contribution is -0.134. The minimum Gasteiger partial charge on any atom is -0.493 e. The highest BCUT2D eigenvalue weighted by molar-refractivity contribution is 5.99. The molecule has 0 spiro atoms. The van der Waals surface area contributed by atoms with Crippen molar-refractivity contribution < 1.29 is 23.8 Å². The van der Waals surface area contributed by atoms with Gasteiger partial charge in [-0.15, -0.1) is 0 Å². The predicted octanol–water partition coefficient (Wildman–Crippen LogP) is 4.14. The summed E-state index contributed by atoms with van der Waals surface area (Å²) in [6.07, 6.45) is 0.164. The maximum Gasteiger partial charge on any atom is 0.255 e. The van der Waals surface area contributed by atoms with Gasteiger partial charge in [0.25, 0.3) is 5.91 Å². The van der Waals surface area contributed by atoms with Gasteiger partial charge in [-0.2, -0.15) is 0 Å². The maximum absolute atomic E-state index is 13.7. The van der Waals surface area contributed by atoms with Crippen LogP contribution in [0.2, 0.25) is 0 Å². The topological polar surface area (TPSA) is 71.6 Å². The Morgan fingerprint density at radius 1 is 0.846 bits per heavy atom. The van der Waals surface area contributed by atoms with Gasteiger partial charge in [0.1, 0.15) is 0 Å². The van der Waals surface area contributed by atoms with Crippen LogP contribution in [0.25, 0.3) is 0 Å². The number of ether oxygens (including phenoxy) is 3. The van der Waals surface area contributed by atoms with Crippen molar-refractivity contribution in [2.75, 3.05) is 47.5 Å². The summed E-state index contributed by atoms with van der Waals surface area (Å²) in [5.41, 5.74) is 3.67. The minimum atomic E-state index is -0.492. The number of nitrogens with zero attached hydrogens (tertiary/aromatic N) is 3. The Kier molecular flexibility index (Phi) is 8.02. The molecule has 2 aliphatic heterocycles. The summed E-state index contributed by atoms with van der Waals surface area (Å²) in [4.78, 5) is 33.3. The van der Waals surface area contributed by atoms with Crippen LogP contribution in [0.1, 0.15) is 39.5 Å². The average molecular weight is 530 g/mol. The molecular formula is C31H35N3O5. The van der Waals surface area contributed by atoms with E-state index in [1.807, 2.05) is 47.4 Å². The van der Waals surface area contributed by atoms with E-state index in [9.17, 15) is 9.59 Å². The second-order valence-corrected chi connectivity index (χ2v) is 9.91. The largest absolute Gasteiger partial charge is 0.493 e. The molecule has 5 rings (SSSR count). The third-order valence-corrected chi connectivity index (χ3v) is 7.64. The molecule has 0 aromatic heterocycles. The Balaban J connectivity index is 1.37. The number of hydrogen-bond donors (Lipinski definition) is 0. The Bertz CT molecular complexity index is 1300. The van der Waals surface area contributed by atoms with Crippen molar-refractivity contribution in [3.63, 3.8) is 0 Å². The van der Waals surface area contributed by atoms with E-state index in [4.69, 9.17) is 14.2 Å². The average Bonchev–Trinajstić information content (AvgIpc) is 3.31. The summed E-state index contributed by atoms with van der Waals surface area (Å²) in [6.45, 7) is 4.24. The Morgan fingerprint density at radius 2 is 1.49 bits per heavy atom. The van der Waals surface area contributed by atoms with E-state index < -0.39 is 6.04 Å². The zero-order valence-corrected chi connectivity index (χ0v) is 22.8. The number of rotatable bonds is 9. The molecule has 2 heterocycles. The van der Waals surface area contributed by atoms with Crippen LogP contribution in [0.3, 0.4) is 0 Å². The first-order chi connectivity index (χ1) is 19.0. The van der Waals surface area contributed by atoms with Gasteiger partial charge in [-0.05, 0) is 34.9 Å². The lowest BCUT2D eigenvalue weighted by Crippen LogP contribution is -2.49. The van der Waals surface area contributed by atoms with E-state index in [1.165, 1.54) is 5.56 Å². The summed E-state index contributed by atoms with van der Waals surface area (Å²) in [6, 6.07) is 21.2. The molecule has 0 N–H and O–H groups in total. The Hall–Kier alpha value is -4.04. The number of benzene rings is 3. The predicted molar refractivity (Wildman–Crippen MR) is 148 cm³/mol. The molecule has 0 bridgehead atoms. The van der Waals surface area contributed by atoms with Crippen LogP contribution in [-0.4, -0.2) is 74.0 Å². The van der Waals surface area contributed by atoms with Crippen LogP contribution >= 0.6 is 0 Å². The summed E-state index contributed by atoms with van der Waals surface area (Å²) >= 11 is 0. The number of fused-ring (bicyclic) bond motifs is 1. The lowest BCUT2D eigenvalue weighted by Gasteiger charge is -2.36.